The lowest BCUT2D eigenvalue weighted by atomic mass is 9.97. The smallest absolute Gasteiger partial charge is 0.379 e. The Bertz CT molecular complexity index is 961. The first-order valence-corrected chi connectivity index (χ1v) is 10.9. The minimum Gasteiger partial charge on any atom is -0.379 e. The lowest BCUT2D eigenvalue weighted by molar-refractivity contribution is -0.173. The van der Waals surface area contributed by atoms with E-state index in [1.165, 1.54) is 0 Å². The number of amides is 1. The van der Waals surface area contributed by atoms with Gasteiger partial charge >= 0.3 is 6.18 Å². The summed E-state index contributed by atoms with van der Waals surface area (Å²) in [6, 6.07) is 3.95. The fourth-order valence-corrected chi connectivity index (χ4v) is 4.28. The Kier molecular flexibility index (Phi) is 6.85. The average Bonchev–Trinajstić information content (AvgIpc) is 3.10. The van der Waals surface area contributed by atoms with Gasteiger partial charge in [-0.25, -0.2) is 4.68 Å². The zero-order valence-corrected chi connectivity index (χ0v) is 18.5. The van der Waals surface area contributed by atoms with Crippen molar-refractivity contribution in [1.82, 2.24) is 20.0 Å². The van der Waals surface area contributed by atoms with Crippen LogP contribution in [0, 0.1) is 0 Å². The third kappa shape index (κ3) is 4.98. The molecule has 3 heterocycles. The van der Waals surface area contributed by atoms with E-state index in [0.717, 1.165) is 17.8 Å². The molecule has 2 unspecified atom stereocenters. The maximum absolute atomic E-state index is 13.9. The van der Waals surface area contributed by atoms with Crippen LogP contribution in [0.2, 0.25) is 10.0 Å². The molecule has 1 aromatic carbocycles. The second-order valence-corrected chi connectivity index (χ2v) is 8.52. The van der Waals surface area contributed by atoms with E-state index >= 15 is 0 Å². The summed E-state index contributed by atoms with van der Waals surface area (Å²) in [5.41, 5.74) is 0.394. The van der Waals surface area contributed by atoms with Crippen molar-refractivity contribution in [2.75, 3.05) is 44.7 Å². The predicted molar refractivity (Wildman–Crippen MR) is 114 cm³/mol. The zero-order chi connectivity index (χ0) is 22.9. The van der Waals surface area contributed by atoms with Crippen molar-refractivity contribution in [2.45, 2.75) is 24.7 Å². The Balaban J connectivity index is 1.53. The van der Waals surface area contributed by atoms with Crippen molar-refractivity contribution < 1.29 is 22.7 Å². The number of nitrogens with one attached hydrogen (secondary N) is 2. The van der Waals surface area contributed by atoms with Gasteiger partial charge in [0.1, 0.15) is 10.8 Å². The number of fused-ring (bicyclic) bond motifs is 1. The van der Waals surface area contributed by atoms with Crippen LogP contribution in [0.4, 0.5) is 19.0 Å². The second-order valence-electron chi connectivity index (χ2n) is 7.71. The number of alkyl halides is 3. The van der Waals surface area contributed by atoms with Crippen molar-refractivity contribution in [3.05, 3.63) is 45.6 Å². The number of ether oxygens (including phenoxy) is 1. The third-order valence-electron chi connectivity index (χ3n) is 5.60. The van der Waals surface area contributed by atoms with Crippen LogP contribution in [-0.4, -0.2) is 66.2 Å². The molecule has 2 aliphatic heterocycles. The van der Waals surface area contributed by atoms with Crippen molar-refractivity contribution in [3.8, 4) is 0 Å². The molecular weight excluding hydrogens is 470 g/mol. The lowest BCUT2D eigenvalue weighted by Crippen LogP contribution is -2.41. The van der Waals surface area contributed by atoms with Crippen LogP contribution in [0.3, 0.4) is 0 Å². The molecule has 12 heteroatoms. The molecule has 0 saturated carbocycles. The summed E-state index contributed by atoms with van der Waals surface area (Å²) in [6.07, 6.45) is -4.87. The summed E-state index contributed by atoms with van der Waals surface area (Å²) < 4.78 is 47.6. The predicted octanol–water partition coefficient (Wildman–Crippen LogP) is 3.91. The molecule has 1 saturated heterocycles. The van der Waals surface area contributed by atoms with Crippen LogP contribution in [-0.2, 0) is 4.74 Å². The first kappa shape index (κ1) is 23.2. The number of morpholine rings is 1. The molecule has 174 valence electrons. The largest absolute Gasteiger partial charge is 0.410 e. The number of anilines is 1. The highest BCUT2D eigenvalue weighted by molar-refractivity contribution is 6.36. The Morgan fingerprint density at radius 3 is 2.56 bits per heavy atom. The van der Waals surface area contributed by atoms with Crippen molar-refractivity contribution in [3.63, 3.8) is 0 Å². The topological polar surface area (TPSA) is 71.4 Å². The van der Waals surface area contributed by atoms with Crippen molar-refractivity contribution >= 4 is 34.9 Å². The SMILES string of the molecule is O=C(NCCN1CCOCC1)c1nn2c(c1Cl)NC(c1ccc(Cl)cc1)CC2C(F)(F)F. The normalized spacial score (nSPS) is 21.7. The number of halogens is 5. The molecule has 4 rings (SSSR count). The van der Waals surface area contributed by atoms with E-state index in [2.05, 4.69) is 20.6 Å². The summed E-state index contributed by atoms with van der Waals surface area (Å²) in [5.74, 6) is -0.644. The van der Waals surface area contributed by atoms with Gasteiger partial charge in [-0.1, -0.05) is 35.3 Å². The van der Waals surface area contributed by atoms with Crippen LogP contribution in [0.1, 0.15) is 34.6 Å². The van der Waals surface area contributed by atoms with Gasteiger partial charge in [-0.3, -0.25) is 9.69 Å². The van der Waals surface area contributed by atoms with Crippen molar-refractivity contribution in [2.24, 2.45) is 0 Å². The molecule has 1 aromatic heterocycles. The Labute approximate surface area is 192 Å². The van der Waals surface area contributed by atoms with Crippen LogP contribution < -0.4 is 10.6 Å². The average molecular weight is 492 g/mol. The molecule has 0 aliphatic carbocycles. The number of benzene rings is 1. The first-order chi connectivity index (χ1) is 15.2. The van der Waals surface area contributed by atoms with Gasteiger partial charge in [-0.2, -0.15) is 18.3 Å². The molecule has 1 fully saturated rings. The monoisotopic (exact) mass is 491 g/mol. The number of carbonyl (C=O) groups is 1. The molecule has 2 aromatic rings. The quantitative estimate of drug-likeness (QED) is 0.663. The number of carbonyl (C=O) groups excluding carboxylic acids is 1. The molecule has 1 amide bonds. The molecule has 32 heavy (non-hydrogen) atoms. The van der Waals surface area contributed by atoms with E-state index in [9.17, 15) is 18.0 Å². The Morgan fingerprint density at radius 2 is 1.91 bits per heavy atom. The van der Waals surface area contributed by atoms with Gasteiger partial charge in [0.2, 0.25) is 0 Å². The Hall–Kier alpha value is -2.01. The minimum absolute atomic E-state index is 0.0291. The lowest BCUT2D eigenvalue weighted by Gasteiger charge is -2.33. The molecule has 2 aliphatic rings. The Morgan fingerprint density at radius 1 is 1.22 bits per heavy atom. The van der Waals surface area contributed by atoms with Gasteiger partial charge in [-0.05, 0) is 17.7 Å². The van der Waals surface area contributed by atoms with E-state index < -0.39 is 24.2 Å². The van der Waals surface area contributed by atoms with Gasteiger partial charge in [0.15, 0.2) is 11.7 Å². The van der Waals surface area contributed by atoms with Gasteiger partial charge in [0.25, 0.3) is 5.91 Å². The first-order valence-electron chi connectivity index (χ1n) is 10.2. The number of hydrogen-bond donors (Lipinski definition) is 2. The van der Waals surface area contributed by atoms with Crippen molar-refractivity contribution in [1.29, 1.82) is 0 Å². The highest BCUT2D eigenvalue weighted by atomic mass is 35.5. The maximum Gasteiger partial charge on any atom is 0.410 e. The summed E-state index contributed by atoms with van der Waals surface area (Å²) in [6.45, 7) is 3.71. The summed E-state index contributed by atoms with van der Waals surface area (Å²) in [4.78, 5) is 14.8. The van der Waals surface area contributed by atoms with E-state index in [-0.39, 0.29) is 23.0 Å². The molecule has 2 atom stereocenters. The summed E-state index contributed by atoms with van der Waals surface area (Å²) in [5, 5.41) is 9.99. The molecule has 0 radical (unpaired) electrons. The molecule has 7 nitrogen and oxygen atoms in total. The second kappa shape index (κ2) is 9.46. The number of hydrogen-bond acceptors (Lipinski definition) is 5. The van der Waals surface area contributed by atoms with Crippen LogP contribution in [0.25, 0.3) is 0 Å². The molecule has 0 spiro atoms. The molecule has 2 N–H and O–H groups in total. The van der Waals surface area contributed by atoms with E-state index in [0.29, 0.717) is 36.9 Å². The minimum atomic E-state index is -4.57. The number of nitrogens with zero attached hydrogens (tertiary/aromatic N) is 3. The van der Waals surface area contributed by atoms with Gasteiger partial charge < -0.3 is 15.4 Å². The van der Waals surface area contributed by atoms with Gasteiger partial charge in [-0.15, -0.1) is 0 Å². The number of aromatic nitrogens is 2. The standard InChI is InChI=1S/C20H22Cl2F3N5O2/c21-13-3-1-12(2-4-13)14-11-15(20(23,24)25)30-18(27-14)16(22)17(28-30)19(31)26-5-6-29-7-9-32-10-8-29/h1-4,14-15,27H,5-11H2,(H,26,31). The zero-order valence-electron chi connectivity index (χ0n) is 17.0. The summed E-state index contributed by atoms with van der Waals surface area (Å²) >= 11 is 12.2. The van der Waals surface area contributed by atoms with Crippen LogP contribution >= 0.6 is 23.2 Å². The summed E-state index contributed by atoms with van der Waals surface area (Å²) in [7, 11) is 0. The molecular formula is C20H22Cl2F3N5O2. The third-order valence-corrected chi connectivity index (χ3v) is 6.21. The van der Waals surface area contributed by atoms with Gasteiger partial charge in [0.05, 0.1) is 19.3 Å². The highest BCUT2D eigenvalue weighted by Crippen LogP contribution is 2.46. The highest BCUT2D eigenvalue weighted by Gasteiger charge is 2.47. The van der Waals surface area contributed by atoms with E-state index in [4.69, 9.17) is 27.9 Å². The fraction of sp³-hybridized carbons (Fsp3) is 0.500. The molecule has 0 bridgehead atoms. The van der Waals surface area contributed by atoms with E-state index in [1.54, 1.807) is 24.3 Å². The van der Waals surface area contributed by atoms with Crippen LogP contribution in [0.5, 0.6) is 0 Å². The maximum atomic E-state index is 13.9. The number of rotatable bonds is 5. The van der Waals surface area contributed by atoms with Gasteiger partial charge in [0, 0.05) is 37.6 Å². The fourth-order valence-electron chi connectivity index (χ4n) is 3.88. The van der Waals surface area contributed by atoms with E-state index in [1.807, 2.05) is 0 Å². The van der Waals surface area contributed by atoms with Crippen LogP contribution in [0.15, 0.2) is 24.3 Å².